The topological polar surface area (TPSA) is 26.3 Å². The van der Waals surface area contributed by atoms with Gasteiger partial charge in [-0.3, -0.25) is 4.79 Å². The van der Waals surface area contributed by atoms with Crippen LogP contribution in [0.1, 0.15) is 131 Å². The molecule has 5 unspecified atom stereocenters. The molecule has 3 saturated carbocycles. The first-order valence-corrected chi connectivity index (χ1v) is 21.2. The zero-order chi connectivity index (χ0) is 35.5. The van der Waals surface area contributed by atoms with E-state index in [1.807, 2.05) is 6.07 Å². The van der Waals surface area contributed by atoms with Crippen LogP contribution in [0.25, 0.3) is 32.3 Å². The molecule has 51 heavy (non-hydrogen) atoms. The van der Waals surface area contributed by atoms with Crippen molar-refractivity contribution >= 4 is 38.3 Å². The quantitative estimate of drug-likeness (QED) is 0.0680. The molecule has 0 bridgehead atoms. The Labute approximate surface area is 308 Å². The number of hydrogen-bond donors (Lipinski definition) is 0. The maximum Gasteiger partial charge on any atom is 0.314 e. The monoisotopic (exact) mass is 684 g/mol. The minimum Gasteiger partial charge on any atom is -0.426 e. The lowest BCUT2D eigenvalue weighted by Gasteiger charge is -2.59. The molecule has 0 heterocycles. The van der Waals surface area contributed by atoms with Gasteiger partial charge in [-0.15, -0.1) is 0 Å². The van der Waals surface area contributed by atoms with Gasteiger partial charge in [0.1, 0.15) is 5.75 Å². The van der Waals surface area contributed by atoms with E-state index in [1.165, 1.54) is 84.7 Å². The molecule has 3 fully saturated rings. The maximum atomic E-state index is 14.3. The number of hydrogen-bond acceptors (Lipinski definition) is 2. The van der Waals surface area contributed by atoms with Crippen LogP contribution in [0.15, 0.2) is 66.2 Å². The zero-order valence-electron chi connectivity index (χ0n) is 32.6. The highest BCUT2D eigenvalue weighted by atomic mass is 16.5. The van der Waals surface area contributed by atoms with Gasteiger partial charge in [-0.25, -0.2) is 0 Å². The summed E-state index contributed by atoms with van der Waals surface area (Å²) in [4.78, 5) is 14.3. The van der Waals surface area contributed by atoms with Crippen molar-refractivity contribution in [2.24, 2.45) is 58.2 Å². The molecule has 0 saturated heterocycles. The number of unbranched alkanes of at least 4 members (excludes halogenated alkanes) is 1. The highest BCUT2D eigenvalue weighted by molar-refractivity contribution is 6.24. The molecule has 8 rings (SSSR count). The van der Waals surface area contributed by atoms with Crippen molar-refractivity contribution in [3.8, 4) is 5.75 Å². The molecule has 2 nitrogen and oxygen atoms in total. The normalized spacial score (nSPS) is 31.7. The SMILES string of the molecule is CCCCC(C(=O)Oc1ccc2ccc3cccc4ccc1c2c34)C1CC[C@@]2(C)C(=CCC3C2CC[C@@]2(C)C3CC[C@@H]2[C@H](C)CCCC(C)C)C1. The lowest BCUT2D eigenvalue weighted by atomic mass is 9.46. The number of fused-ring (bicyclic) bond motifs is 5. The third kappa shape index (κ3) is 6.03. The summed E-state index contributed by atoms with van der Waals surface area (Å²) in [6.45, 7) is 15.0. The second-order valence-corrected chi connectivity index (χ2v) is 18.9. The number of carbonyl (C=O) groups is 1. The van der Waals surface area contributed by atoms with E-state index >= 15 is 0 Å². The van der Waals surface area contributed by atoms with Crippen LogP contribution >= 0.6 is 0 Å². The van der Waals surface area contributed by atoms with Gasteiger partial charge in [0.15, 0.2) is 0 Å². The van der Waals surface area contributed by atoms with E-state index in [1.54, 1.807) is 5.57 Å². The smallest absolute Gasteiger partial charge is 0.314 e. The summed E-state index contributed by atoms with van der Waals surface area (Å²) < 4.78 is 6.50. The van der Waals surface area contributed by atoms with Crippen LogP contribution < -0.4 is 4.74 Å². The van der Waals surface area contributed by atoms with E-state index in [0.717, 1.165) is 78.7 Å². The van der Waals surface area contributed by atoms with Crippen LogP contribution in [0.5, 0.6) is 5.75 Å². The Morgan fingerprint density at radius 3 is 2.31 bits per heavy atom. The molecular formula is C49H64O2. The van der Waals surface area contributed by atoms with E-state index in [2.05, 4.69) is 96.1 Å². The summed E-state index contributed by atoms with van der Waals surface area (Å²) in [5.41, 5.74) is 2.52. The van der Waals surface area contributed by atoms with Crippen LogP contribution in [-0.4, -0.2) is 5.97 Å². The lowest BCUT2D eigenvalue weighted by molar-refractivity contribution is -0.142. The van der Waals surface area contributed by atoms with Crippen molar-refractivity contribution in [1.29, 1.82) is 0 Å². The molecule has 0 aliphatic heterocycles. The standard InChI is InChI=1S/C49H64O2/c1-7-8-15-38(47(50)51-44-25-19-35-17-16-33-13-10-14-34-18-21-40(44)46(35)45(33)34)36-26-28-48(5)37(30-36)20-22-39-42-24-23-41(32(4)12-9-11-31(2)3)49(42,6)29-27-43(39)48/h10,13-14,16-21,25,31-32,36,38-39,41-43H,7-9,11-12,15,22-24,26-30H2,1-6H3/t32-,36?,38?,39?,41-,42?,43?,48+,49-/m1/s1. The largest absolute Gasteiger partial charge is 0.426 e. The summed E-state index contributed by atoms with van der Waals surface area (Å²) in [6, 6.07) is 19.4. The fourth-order valence-electron chi connectivity index (χ4n) is 13.0. The molecule has 4 aromatic rings. The molecule has 9 atom stereocenters. The van der Waals surface area contributed by atoms with Crippen LogP contribution in [0, 0.1) is 58.2 Å². The molecule has 0 aromatic heterocycles. The first-order chi connectivity index (χ1) is 24.6. The van der Waals surface area contributed by atoms with Gasteiger partial charge in [-0.2, -0.15) is 0 Å². The number of benzene rings is 4. The highest BCUT2D eigenvalue weighted by Crippen LogP contribution is 2.68. The summed E-state index contributed by atoms with van der Waals surface area (Å²) in [5, 5.41) is 7.23. The molecule has 0 amide bonds. The molecule has 4 aliphatic rings. The molecule has 2 heteroatoms. The average molecular weight is 685 g/mol. The Bertz CT molecular complexity index is 1880. The summed E-state index contributed by atoms with van der Waals surface area (Å²) in [7, 11) is 0. The van der Waals surface area contributed by atoms with Gasteiger partial charge in [0.25, 0.3) is 0 Å². The number of carbonyl (C=O) groups excluding carboxylic acids is 1. The Morgan fingerprint density at radius 1 is 0.804 bits per heavy atom. The predicted octanol–water partition coefficient (Wildman–Crippen LogP) is 14.0. The summed E-state index contributed by atoms with van der Waals surface area (Å²) >= 11 is 0. The number of rotatable bonds is 11. The van der Waals surface area contributed by atoms with Crippen LogP contribution in [0.3, 0.4) is 0 Å². The van der Waals surface area contributed by atoms with E-state index in [-0.39, 0.29) is 11.9 Å². The van der Waals surface area contributed by atoms with Crippen molar-refractivity contribution in [1.82, 2.24) is 0 Å². The van der Waals surface area contributed by atoms with Gasteiger partial charge in [-0.05, 0) is 144 Å². The first kappa shape index (κ1) is 35.2. The summed E-state index contributed by atoms with van der Waals surface area (Å²) in [5.74, 6) is 6.17. The van der Waals surface area contributed by atoms with Crippen molar-refractivity contribution in [2.45, 2.75) is 131 Å². The molecule has 0 radical (unpaired) electrons. The molecule has 4 aliphatic carbocycles. The van der Waals surface area contributed by atoms with Gasteiger partial charge in [0.05, 0.1) is 5.92 Å². The number of esters is 1. The minimum atomic E-state index is -0.0471. The molecule has 272 valence electrons. The van der Waals surface area contributed by atoms with Crippen molar-refractivity contribution in [2.75, 3.05) is 0 Å². The zero-order valence-corrected chi connectivity index (χ0v) is 32.6. The Morgan fingerprint density at radius 2 is 1.55 bits per heavy atom. The van der Waals surface area contributed by atoms with Gasteiger partial charge < -0.3 is 4.74 Å². The van der Waals surface area contributed by atoms with Crippen LogP contribution in [0.2, 0.25) is 0 Å². The third-order valence-electron chi connectivity index (χ3n) is 15.8. The van der Waals surface area contributed by atoms with Gasteiger partial charge >= 0.3 is 5.97 Å². The Hall–Kier alpha value is -2.87. The molecule has 4 aromatic carbocycles. The number of ether oxygens (including phenoxy) is 1. The summed E-state index contributed by atoms with van der Waals surface area (Å²) in [6.07, 6.45) is 20.5. The van der Waals surface area contributed by atoms with Crippen LogP contribution in [-0.2, 0) is 4.79 Å². The highest BCUT2D eigenvalue weighted by Gasteiger charge is 2.59. The Balaban J connectivity index is 1.00. The minimum absolute atomic E-state index is 0.00526. The first-order valence-electron chi connectivity index (χ1n) is 21.2. The van der Waals surface area contributed by atoms with Crippen molar-refractivity contribution in [3.05, 3.63) is 66.2 Å². The van der Waals surface area contributed by atoms with Crippen LogP contribution in [0.4, 0.5) is 0 Å². The fourth-order valence-corrected chi connectivity index (χ4v) is 13.0. The average Bonchev–Trinajstić information content (AvgIpc) is 3.48. The van der Waals surface area contributed by atoms with E-state index in [4.69, 9.17) is 4.74 Å². The van der Waals surface area contributed by atoms with Crippen molar-refractivity contribution < 1.29 is 9.53 Å². The van der Waals surface area contributed by atoms with E-state index in [9.17, 15) is 4.79 Å². The predicted molar refractivity (Wildman–Crippen MR) is 215 cm³/mol. The molecular weight excluding hydrogens is 621 g/mol. The van der Waals surface area contributed by atoms with Gasteiger partial charge in [0, 0.05) is 10.8 Å². The van der Waals surface area contributed by atoms with E-state index < -0.39 is 0 Å². The Kier molecular flexibility index (Phi) is 9.54. The molecule has 0 N–H and O–H groups in total. The van der Waals surface area contributed by atoms with E-state index in [0.29, 0.717) is 16.7 Å². The van der Waals surface area contributed by atoms with Crippen molar-refractivity contribution in [3.63, 3.8) is 0 Å². The third-order valence-corrected chi connectivity index (χ3v) is 15.8. The molecule has 0 spiro atoms. The maximum absolute atomic E-state index is 14.3. The second-order valence-electron chi connectivity index (χ2n) is 18.9. The second kappa shape index (κ2) is 13.8. The number of allylic oxidation sites excluding steroid dienone is 2. The van der Waals surface area contributed by atoms with Gasteiger partial charge in [-0.1, -0.05) is 128 Å². The van der Waals surface area contributed by atoms with Gasteiger partial charge in [0.2, 0.25) is 0 Å². The fraction of sp³-hybridized carbons (Fsp3) is 0.612. The lowest BCUT2D eigenvalue weighted by Crippen LogP contribution is -2.51.